The molecule has 1 heterocycles. The van der Waals surface area contributed by atoms with E-state index < -0.39 is 5.60 Å². The molecule has 0 saturated carbocycles. The zero-order valence-electron chi connectivity index (χ0n) is 13.0. The average molecular weight is 292 g/mol. The third-order valence-electron chi connectivity index (χ3n) is 4.08. The number of carbonyl (C=O) groups excluding carboxylic acids is 1. The van der Waals surface area contributed by atoms with Crippen molar-refractivity contribution in [1.82, 2.24) is 0 Å². The third-order valence-corrected chi connectivity index (χ3v) is 4.08. The van der Waals surface area contributed by atoms with E-state index in [4.69, 9.17) is 4.74 Å². The first-order chi connectivity index (χ1) is 10.6. The Labute approximate surface area is 131 Å². The van der Waals surface area contributed by atoms with Gasteiger partial charge in [0.15, 0.2) is 5.78 Å². The van der Waals surface area contributed by atoms with E-state index in [0.29, 0.717) is 24.2 Å². The number of Topliss-reactive ketones (excluding diaryl/α,β-unsaturated/α-hetero) is 1. The smallest absolute Gasteiger partial charge is 0.170 e. The largest absolute Gasteiger partial charge is 0.481 e. The summed E-state index contributed by atoms with van der Waals surface area (Å²) in [5, 5.41) is 0. The van der Waals surface area contributed by atoms with Crippen molar-refractivity contribution < 1.29 is 9.53 Å². The summed E-state index contributed by atoms with van der Waals surface area (Å²) >= 11 is 0. The van der Waals surface area contributed by atoms with Crippen LogP contribution in [0.15, 0.2) is 66.2 Å². The molecule has 0 radical (unpaired) electrons. The highest BCUT2D eigenvalue weighted by Crippen LogP contribution is 2.42. The molecule has 2 nitrogen and oxygen atoms in total. The summed E-state index contributed by atoms with van der Waals surface area (Å²) in [7, 11) is 0. The Kier molecular flexibility index (Phi) is 3.84. The lowest BCUT2D eigenvalue weighted by atomic mass is 9.81. The standard InChI is InChI=1S/C20H20O2/c1-15(2)12-13-20(16-8-4-3-5-9-16)14-18(21)17-10-6-7-11-19(17)22-20/h3-12H,13-14H2,1-2H3/t20-/m0/s1. The van der Waals surface area contributed by atoms with Gasteiger partial charge in [0, 0.05) is 6.42 Å². The van der Waals surface area contributed by atoms with Gasteiger partial charge in [-0.05, 0) is 31.5 Å². The van der Waals surface area contributed by atoms with Crippen molar-refractivity contribution in [3.8, 4) is 5.75 Å². The van der Waals surface area contributed by atoms with Crippen molar-refractivity contribution in [3.05, 3.63) is 77.4 Å². The second kappa shape index (κ2) is 5.80. The molecule has 0 aliphatic carbocycles. The highest BCUT2D eigenvalue weighted by Gasteiger charge is 2.41. The zero-order valence-corrected chi connectivity index (χ0v) is 13.0. The molecule has 0 N–H and O–H groups in total. The second-order valence-electron chi connectivity index (χ2n) is 6.04. The summed E-state index contributed by atoms with van der Waals surface area (Å²) in [5.74, 6) is 0.831. The van der Waals surface area contributed by atoms with Gasteiger partial charge in [0.1, 0.15) is 11.4 Å². The van der Waals surface area contributed by atoms with Gasteiger partial charge in [-0.25, -0.2) is 0 Å². The molecule has 0 spiro atoms. The Morgan fingerprint density at radius 2 is 1.77 bits per heavy atom. The van der Waals surface area contributed by atoms with Crippen LogP contribution >= 0.6 is 0 Å². The quantitative estimate of drug-likeness (QED) is 0.752. The summed E-state index contributed by atoms with van der Waals surface area (Å²) in [6.45, 7) is 4.13. The molecule has 1 atom stereocenters. The van der Waals surface area contributed by atoms with Crippen molar-refractivity contribution in [1.29, 1.82) is 0 Å². The molecular formula is C20H20O2. The highest BCUT2D eigenvalue weighted by molar-refractivity contribution is 6.00. The molecule has 0 fully saturated rings. The van der Waals surface area contributed by atoms with Crippen LogP contribution < -0.4 is 4.74 Å². The molecular weight excluding hydrogens is 272 g/mol. The number of allylic oxidation sites excluding steroid dienone is 1. The van der Waals surface area contributed by atoms with E-state index in [-0.39, 0.29) is 5.78 Å². The summed E-state index contributed by atoms with van der Waals surface area (Å²) in [6.07, 6.45) is 3.21. The number of rotatable bonds is 3. The first-order valence-corrected chi connectivity index (χ1v) is 7.61. The van der Waals surface area contributed by atoms with Gasteiger partial charge in [-0.15, -0.1) is 0 Å². The average Bonchev–Trinajstić information content (AvgIpc) is 2.54. The van der Waals surface area contributed by atoms with E-state index in [1.165, 1.54) is 5.57 Å². The Hall–Kier alpha value is -2.35. The van der Waals surface area contributed by atoms with Gasteiger partial charge in [0.2, 0.25) is 0 Å². The molecule has 0 amide bonds. The zero-order chi connectivity index (χ0) is 15.6. The summed E-state index contributed by atoms with van der Waals surface area (Å²) in [5.41, 5.74) is 2.36. The van der Waals surface area contributed by atoms with Crippen molar-refractivity contribution in [2.75, 3.05) is 0 Å². The number of carbonyl (C=O) groups is 1. The highest BCUT2D eigenvalue weighted by atomic mass is 16.5. The predicted molar refractivity (Wildman–Crippen MR) is 88.2 cm³/mol. The van der Waals surface area contributed by atoms with Crippen LogP contribution in [0.25, 0.3) is 0 Å². The lowest BCUT2D eigenvalue weighted by Crippen LogP contribution is -2.39. The Morgan fingerprint density at radius 3 is 2.50 bits per heavy atom. The molecule has 0 saturated heterocycles. The minimum absolute atomic E-state index is 0.146. The molecule has 2 aromatic carbocycles. The van der Waals surface area contributed by atoms with Crippen molar-refractivity contribution in [2.24, 2.45) is 0 Å². The molecule has 1 aliphatic heterocycles. The maximum absolute atomic E-state index is 12.6. The first-order valence-electron chi connectivity index (χ1n) is 7.61. The van der Waals surface area contributed by atoms with Gasteiger partial charge in [0.25, 0.3) is 0 Å². The van der Waals surface area contributed by atoms with E-state index in [1.807, 2.05) is 54.6 Å². The Bertz CT molecular complexity index is 711. The molecule has 0 unspecified atom stereocenters. The molecule has 112 valence electrons. The molecule has 0 bridgehead atoms. The Balaban J connectivity index is 2.08. The van der Waals surface area contributed by atoms with E-state index >= 15 is 0 Å². The van der Waals surface area contributed by atoms with E-state index in [0.717, 1.165) is 5.56 Å². The van der Waals surface area contributed by atoms with Gasteiger partial charge in [-0.3, -0.25) is 4.79 Å². The van der Waals surface area contributed by atoms with E-state index in [1.54, 1.807) is 0 Å². The molecule has 0 aromatic heterocycles. The van der Waals surface area contributed by atoms with E-state index in [2.05, 4.69) is 19.9 Å². The molecule has 2 aromatic rings. The maximum atomic E-state index is 12.6. The summed E-state index contributed by atoms with van der Waals surface area (Å²) < 4.78 is 6.36. The monoisotopic (exact) mass is 292 g/mol. The van der Waals surface area contributed by atoms with Gasteiger partial charge in [0.05, 0.1) is 12.0 Å². The first kappa shape index (κ1) is 14.6. The number of ether oxygens (including phenoxy) is 1. The van der Waals surface area contributed by atoms with Gasteiger partial charge >= 0.3 is 0 Å². The van der Waals surface area contributed by atoms with Crippen LogP contribution in [0.1, 0.15) is 42.6 Å². The summed E-state index contributed by atoms with van der Waals surface area (Å²) in [4.78, 5) is 12.6. The molecule has 22 heavy (non-hydrogen) atoms. The van der Waals surface area contributed by atoms with Crippen molar-refractivity contribution in [2.45, 2.75) is 32.3 Å². The normalized spacial score (nSPS) is 20.0. The summed E-state index contributed by atoms with van der Waals surface area (Å²) in [6, 6.07) is 17.6. The SMILES string of the molecule is CC(C)=CC[C@@]1(c2ccccc2)CC(=O)c2ccccc2O1. The second-order valence-corrected chi connectivity index (χ2v) is 6.04. The van der Waals surface area contributed by atoms with Gasteiger partial charge in [-0.1, -0.05) is 54.1 Å². The fraction of sp³-hybridized carbons (Fsp3) is 0.250. The van der Waals surface area contributed by atoms with Gasteiger partial charge < -0.3 is 4.74 Å². The van der Waals surface area contributed by atoms with Crippen LogP contribution in [0.5, 0.6) is 5.75 Å². The molecule has 3 rings (SSSR count). The van der Waals surface area contributed by atoms with Crippen molar-refractivity contribution in [3.63, 3.8) is 0 Å². The van der Waals surface area contributed by atoms with Crippen LogP contribution in [0.4, 0.5) is 0 Å². The number of para-hydroxylation sites is 1. The number of fused-ring (bicyclic) bond motifs is 1. The third kappa shape index (κ3) is 2.69. The molecule has 1 aliphatic rings. The van der Waals surface area contributed by atoms with Crippen LogP contribution in [0.3, 0.4) is 0 Å². The van der Waals surface area contributed by atoms with Crippen LogP contribution in [0, 0.1) is 0 Å². The lowest BCUT2D eigenvalue weighted by molar-refractivity contribution is 0.0397. The van der Waals surface area contributed by atoms with Gasteiger partial charge in [-0.2, -0.15) is 0 Å². The predicted octanol–water partition coefficient (Wildman–Crippen LogP) is 4.90. The Morgan fingerprint density at radius 1 is 1.09 bits per heavy atom. The fourth-order valence-corrected chi connectivity index (χ4v) is 2.89. The van der Waals surface area contributed by atoms with Crippen molar-refractivity contribution >= 4 is 5.78 Å². The number of benzene rings is 2. The number of hydrogen-bond acceptors (Lipinski definition) is 2. The minimum atomic E-state index is -0.607. The van der Waals surface area contributed by atoms with Crippen LogP contribution in [-0.4, -0.2) is 5.78 Å². The number of hydrogen-bond donors (Lipinski definition) is 0. The lowest BCUT2D eigenvalue weighted by Gasteiger charge is -2.38. The number of ketones is 1. The van der Waals surface area contributed by atoms with Crippen LogP contribution in [0.2, 0.25) is 0 Å². The minimum Gasteiger partial charge on any atom is -0.481 e. The fourth-order valence-electron chi connectivity index (χ4n) is 2.89. The topological polar surface area (TPSA) is 26.3 Å². The maximum Gasteiger partial charge on any atom is 0.170 e. The molecule has 2 heteroatoms. The van der Waals surface area contributed by atoms with Crippen LogP contribution in [-0.2, 0) is 5.60 Å². The van der Waals surface area contributed by atoms with E-state index in [9.17, 15) is 4.79 Å².